The number of para-hydroxylation sites is 2. The van der Waals surface area contributed by atoms with Crippen molar-refractivity contribution in [2.75, 3.05) is 43.5 Å². The van der Waals surface area contributed by atoms with Gasteiger partial charge in [-0.2, -0.15) is 0 Å². The van der Waals surface area contributed by atoms with Crippen molar-refractivity contribution in [1.29, 1.82) is 0 Å². The van der Waals surface area contributed by atoms with Crippen molar-refractivity contribution in [3.05, 3.63) is 52.5 Å². The van der Waals surface area contributed by atoms with Crippen molar-refractivity contribution in [1.82, 2.24) is 4.90 Å². The number of carbonyl (C=O) groups is 2. The molecule has 0 unspecified atom stereocenters. The van der Waals surface area contributed by atoms with Crippen LogP contribution < -0.4 is 15.0 Å². The molecule has 3 rings (SSSR count). The van der Waals surface area contributed by atoms with Gasteiger partial charge in [0.15, 0.2) is 0 Å². The summed E-state index contributed by atoms with van der Waals surface area (Å²) in [5.41, 5.74) is 1.36. The Morgan fingerprint density at radius 2 is 1.63 bits per heavy atom. The van der Waals surface area contributed by atoms with E-state index in [9.17, 15) is 9.59 Å². The molecule has 0 bridgehead atoms. The molecule has 0 spiro atoms. The van der Waals surface area contributed by atoms with Gasteiger partial charge in [0.05, 0.1) is 12.8 Å². The molecule has 8 heteroatoms. The highest BCUT2D eigenvalue weighted by Crippen LogP contribution is 2.28. The van der Waals surface area contributed by atoms with Gasteiger partial charge in [-0.1, -0.05) is 35.3 Å². The van der Waals surface area contributed by atoms with E-state index in [1.807, 2.05) is 24.3 Å². The number of methoxy groups -OCH3 is 1. The molecular formula is C19H19Cl2N3O3. The zero-order valence-electron chi connectivity index (χ0n) is 14.7. The Morgan fingerprint density at radius 1 is 1.00 bits per heavy atom. The fourth-order valence-corrected chi connectivity index (χ4v) is 3.52. The van der Waals surface area contributed by atoms with Crippen LogP contribution in [0.1, 0.15) is 0 Å². The number of ether oxygens (including phenoxy) is 1. The van der Waals surface area contributed by atoms with Gasteiger partial charge in [-0.15, -0.1) is 0 Å². The largest absolute Gasteiger partial charge is 0.495 e. The van der Waals surface area contributed by atoms with Gasteiger partial charge in [0.2, 0.25) is 0 Å². The Morgan fingerprint density at radius 3 is 2.26 bits per heavy atom. The van der Waals surface area contributed by atoms with Crippen LogP contribution in [0.15, 0.2) is 42.5 Å². The van der Waals surface area contributed by atoms with Gasteiger partial charge in [0.25, 0.3) is 0 Å². The van der Waals surface area contributed by atoms with Crippen molar-refractivity contribution in [2.24, 2.45) is 0 Å². The highest BCUT2D eigenvalue weighted by molar-refractivity contribution is 6.40. The molecule has 1 heterocycles. The normalized spacial score (nSPS) is 14.0. The summed E-state index contributed by atoms with van der Waals surface area (Å²) in [6.07, 6.45) is 0. The average Bonchev–Trinajstić information content (AvgIpc) is 2.66. The molecule has 1 aliphatic heterocycles. The third-order valence-corrected chi connectivity index (χ3v) is 4.74. The zero-order valence-corrected chi connectivity index (χ0v) is 16.3. The van der Waals surface area contributed by atoms with Crippen molar-refractivity contribution in [2.45, 2.75) is 0 Å². The van der Waals surface area contributed by atoms with Crippen LogP contribution in [-0.4, -0.2) is 50.0 Å². The minimum atomic E-state index is -0.709. The maximum Gasteiger partial charge on any atom is 0.313 e. The molecule has 6 nitrogen and oxygen atoms in total. The maximum absolute atomic E-state index is 12.4. The number of hydrogen-bond acceptors (Lipinski definition) is 4. The number of halogens is 2. The monoisotopic (exact) mass is 407 g/mol. The van der Waals surface area contributed by atoms with Crippen LogP contribution in [0.3, 0.4) is 0 Å². The first-order chi connectivity index (χ1) is 13.0. The molecule has 1 fully saturated rings. The third kappa shape index (κ3) is 4.64. The van der Waals surface area contributed by atoms with Crippen molar-refractivity contribution >= 4 is 46.4 Å². The molecule has 2 aromatic rings. The van der Waals surface area contributed by atoms with Crippen LogP contribution in [0.2, 0.25) is 10.0 Å². The molecule has 1 N–H and O–H groups in total. The quantitative estimate of drug-likeness (QED) is 0.792. The molecule has 2 amide bonds. The second-order valence-electron chi connectivity index (χ2n) is 6.06. The van der Waals surface area contributed by atoms with E-state index in [0.717, 1.165) is 11.4 Å². The van der Waals surface area contributed by atoms with Gasteiger partial charge in [-0.3, -0.25) is 9.59 Å². The van der Waals surface area contributed by atoms with Crippen LogP contribution in [0.25, 0.3) is 0 Å². The summed E-state index contributed by atoms with van der Waals surface area (Å²) < 4.78 is 5.39. The number of piperazine rings is 1. The number of benzene rings is 2. The van der Waals surface area contributed by atoms with Crippen LogP contribution in [-0.2, 0) is 9.59 Å². The Bertz CT molecular complexity index is 832. The average molecular weight is 408 g/mol. The molecule has 1 saturated heterocycles. The predicted molar refractivity (Wildman–Crippen MR) is 107 cm³/mol. The lowest BCUT2D eigenvalue weighted by Crippen LogP contribution is -2.51. The first kappa shape index (κ1) is 19.3. The van der Waals surface area contributed by atoms with E-state index in [-0.39, 0.29) is 0 Å². The van der Waals surface area contributed by atoms with Gasteiger partial charge in [0.1, 0.15) is 5.75 Å². The summed E-state index contributed by atoms with van der Waals surface area (Å²) in [6, 6.07) is 12.4. The molecule has 2 aromatic carbocycles. The number of nitrogens with one attached hydrogen (secondary N) is 1. The Hall–Kier alpha value is -2.44. The number of rotatable bonds is 3. The van der Waals surface area contributed by atoms with E-state index in [2.05, 4.69) is 10.2 Å². The van der Waals surface area contributed by atoms with E-state index in [1.165, 1.54) is 17.0 Å². The summed E-state index contributed by atoms with van der Waals surface area (Å²) in [5, 5.41) is 3.32. The van der Waals surface area contributed by atoms with Crippen molar-refractivity contribution in [3.8, 4) is 5.75 Å². The minimum absolute atomic E-state index is 0.385. The van der Waals surface area contributed by atoms with E-state index >= 15 is 0 Å². The highest BCUT2D eigenvalue weighted by Gasteiger charge is 2.27. The molecule has 0 saturated carbocycles. The molecule has 0 atom stereocenters. The van der Waals surface area contributed by atoms with Gasteiger partial charge < -0.3 is 19.9 Å². The van der Waals surface area contributed by atoms with Crippen LogP contribution in [0.4, 0.5) is 11.4 Å². The first-order valence-corrected chi connectivity index (χ1v) is 9.18. The van der Waals surface area contributed by atoms with Gasteiger partial charge in [0, 0.05) is 41.9 Å². The lowest BCUT2D eigenvalue weighted by Gasteiger charge is -2.36. The number of amides is 2. The van der Waals surface area contributed by atoms with Crippen LogP contribution in [0.5, 0.6) is 5.75 Å². The summed E-state index contributed by atoms with van der Waals surface area (Å²) in [4.78, 5) is 28.4. The maximum atomic E-state index is 12.4. The summed E-state index contributed by atoms with van der Waals surface area (Å²) >= 11 is 11.8. The van der Waals surface area contributed by atoms with E-state index in [1.54, 1.807) is 13.2 Å². The standard InChI is InChI=1S/C19H19Cl2N3O3/c1-27-17-5-3-2-4-16(17)23-6-8-24(9-7-23)19(26)18(25)22-15-11-13(20)10-14(21)12-15/h2-5,10-12H,6-9H2,1H3,(H,22,25). The van der Waals surface area contributed by atoms with E-state index in [4.69, 9.17) is 27.9 Å². The second kappa shape index (κ2) is 8.50. The number of nitrogens with zero attached hydrogens (tertiary/aromatic N) is 2. The number of anilines is 2. The Labute approximate surface area is 167 Å². The minimum Gasteiger partial charge on any atom is -0.495 e. The first-order valence-electron chi connectivity index (χ1n) is 8.42. The predicted octanol–water partition coefficient (Wildman–Crippen LogP) is 3.29. The number of carbonyl (C=O) groups excluding carboxylic acids is 2. The number of hydrogen-bond donors (Lipinski definition) is 1. The fraction of sp³-hybridized carbons (Fsp3) is 0.263. The molecule has 0 aromatic heterocycles. The summed E-state index contributed by atoms with van der Waals surface area (Å²) in [5.74, 6) is -0.502. The molecule has 0 aliphatic carbocycles. The zero-order chi connectivity index (χ0) is 19.4. The van der Waals surface area contributed by atoms with E-state index < -0.39 is 11.8 Å². The van der Waals surface area contributed by atoms with Crippen LogP contribution in [0, 0.1) is 0 Å². The molecule has 27 heavy (non-hydrogen) atoms. The summed E-state index contributed by atoms with van der Waals surface area (Å²) in [6.45, 7) is 2.12. The molecular weight excluding hydrogens is 389 g/mol. The highest BCUT2D eigenvalue weighted by atomic mass is 35.5. The van der Waals surface area contributed by atoms with E-state index in [0.29, 0.717) is 41.9 Å². The topological polar surface area (TPSA) is 61.9 Å². The second-order valence-corrected chi connectivity index (χ2v) is 6.94. The Balaban J connectivity index is 1.60. The SMILES string of the molecule is COc1ccccc1N1CCN(C(=O)C(=O)Nc2cc(Cl)cc(Cl)c2)CC1. The smallest absolute Gasteiger partial charge is 0.313 e. The van der Waals surface area contributed by atoms with Gasteiger partial charge >= 0.3 is 11.8 Å². The van der Waals surface area contributed by atoms with Crippen LogP contribution >= 0.6 is 23.2 Å². The molecule has 142 valence electrons. The van der Waals surface area contributed by atoms with Gasteiger partial charge in [-0.05, 0) is 30.3 Å². The molecule has 0 radical (unpaired) electrons. The van der Waals surface area contributed by atoms with Crippen molar-refractivity contribution in [3.63, 3.8) is 0 Å². The third-order valence-electron chi connectivity index (χ3n) is 4.31. The lowest BCUT2D eigenvalue weighted by molar-refractivity contribution is -0.143. The van der Waals surface area contributed by atoms with Crippen molar-refractivity contribution < 1.29 is 14.3 Å². The Kier molecular flexibility index (Phi) is 6.08. The van der Waals surface area contributed by atoms with Gasteiger partial charge in [-0.25, -0.2) is 0 Å². The lowest BCUT2D eigenvalue weighted by atomic mass is 10.2. The fourth-order valence-electron chi connectivity index (χ4n) is 3.00. The summed E-state index contributed by atoms with van der Waals surface area (Å²) in [7, 11) is 1.63. The molecule has 1 aliphatic rings.